The third-order valence-corrected chi connectivity index (χ3v) is 7.41. The molecule has 2 aromatic carbocycles. The van der Waals surface area contributed by atoms with Crippen molar-refractivity contribution in [3.63, 3.8) is 0 Å². The van der Waals surface area contributed by atoms with Gasteiger partial charge in [0, 0.05) is 37.0 Å². The smallest absolute Gasteiger partial charge is 0.407 e. The molecule has 1 atom stereocenters. The molecule has 10 nitrogen and oxygen atoms in total. The molecule has 1 saturated heterocycles. The van der Waals surface area contributed by atoms with Crippen molar-refractivity contribution >= 4 is 39.7 Å². The number of aromatic carboxylic acids is 1. The maximum atomic E-state index is 13.8. The molecule has 10 heteroatoms. The third-order valence-electron chi connectivity index (χ3n) is 7.41. The Bertz CT molecular complexity index is 1770. The summed E-state index contributed by atoms with van der Waals surface area (Å²) in [7, 11) is 1.67. The number of benzene rings is 2. The van der Waals surface area contributed by atoms with Crippen molar-refractivity contribution in [3.05, 3.63) is 75.6 Å². The number of rotatable bonds is 5. The summed E-state index contributed by atoms with van der Waals surface area (Å²) in [6.07, 6.45) is 1.10. The number of piperidine rings is 1. The number of carboxylic acid groups (broad SMARTS) is 1. The number of aryl methyl sites for hydroxylation is 1. The summed E-state index contributed by atoms with van der Waals surface area (Å²) in [5, 5.41) is 23.7. The van der Waals surface area contributed by atoms with Crippen LogP contribution in [0.5, 0.6) is 0 Å². The molecule has 0 radical (unpaired) electrons. The number of anilines is 1. The van der Waals surface area contributed by atoms with E-state index >= 15 is 0 Å². The molecule has 2 N–H and O–H groups in total. The van der Waals surface area contributed by atoms with Gasteiger partial charge in [0.25, 0.3) is 5.56 Å². The third kappa shape index (κ3) is 5.48. The first-order valence-corrected chi connectivity index (χ1v) is 13.6. The van der Waals surface area contributed by atoms with Gasteiger partial charge < -0.3 is 29.2 Å². The van der Waals surface area contributed by atoms with E-state index in [2.05, 4.69) is 16.3 Å². The van der Waals surface area contributed by atoms with Crippen molar-refractivity contribution in [1.82, 2.24) is 14.5 Å². The van der Waals surface area contributed by atoms with Crippen LogP contribution in [0.15, 0.2) is 53.3 Å². The van der Waals surface area contributed by atoms with Crippen LogP contribution in [0, 0.1) is 11.3 Å². The monoisotopic (exact) mass is 555 g/mol. The molecule has 4 aromatic rings. The quantitative estimate of drug-likeness (QED) is 0.368. The number of nitrogens with zero attached hydrogens (tertiary/aromatic N) is 4. The highest BCUT2D eigenvalue weighted by atomic mass is 16.6. The number of carbonyl (C=O) groups is 2. The van der Waals surface area contributed by atoms with Gasteiger partial charge in [0.05, 0.1) is 29.3 Å². The summed E-state index contributed by atoms with van der Waals surface area (Å²) in [6, 6.07) is 16.0. The minimum atomic E-state index is -1.05. The van der Waals surface area contributed by atoms with E-state index in [0.717, 1.165) is 24.2 Å². The molecule has 1 fully saturated rings. The van der Waals surface area contributed by atoms with Gasteiger partial charge >= 0.3 is 12.1 Å². The van der Waals surface area contributed by atoms with Gasteiger partial charge in [0.2, 0.25) is 0 Å². The molecule has 1 aliphatic heterocycles. The van der Waals surface area contributed by atoms with E-state index in [1.54, 1.807) is 31.3 Å². The largest absolute Gasteiger partial charge is 0.478 e. The number of carbonyl (C=O) groups excluding carboxylic acids is 1. The normalized spacial score (nSPS) is 15.6. The SMILES string of the molecule is Cn1c(=O)c2c(cc(N3CCC[C@@H](NC(=O)OC(C)(C)C)C3)n2Cc2ccccc2C#N)c2cc(C(=O)O)ccc21. The second-order valence-electron chi connectivity index (χ2n) is 11.5. The Labute approximate surface area is 237 Å². The van der Waals surface area contributed by atoms with E-state index < -0.39 is 17.7 Å². The fourth-order valence-corrected chi connectivity index (χ4v) is 5.55. The number of carboxylic acids is 1. The Balaban J connectivity index is 1.67. The highest BCUT2D eigenvalue weighted by molar-refractivity contribution is 6.08. The zero-order valence-corrected chi connectivity index (χ0v) is 23.6. The van der Waals surface area contributed by atoms with Crippen molar-refractivity contribution in [2.45, 2.75) is 51.8 Å². The van der Waals surface area contributed by atoms with Crippen molar-refractivity contribution in [1.29, 1.82) is 5.26 Å². The number of ether oxygens (including phenoxy) is 1. The van der Waals surface area contributed by atoms with Gasteiger partial charge in [-0.05, 0) is 69.5 Å². The molecule has 1 aliphatic rings. The van der Waals surface area contributed by atoms with E-state index in [0.29, 0.717) is 40.5 Å². The number of alkyl carbamates (subject to hydrolysis) is 1. The van der Waals surface area contributed by atoms with Gasteiger partial charge in [-0.15, -0.1) is 0 Å². The van der Waals surface area contributed by atoms with Crippen LogP contribution in [-0.4, -0.2) is 51.0 Å². The van der Waals surface area contributed by atoms with Crippen LogP contribution in [0.3, 0.4) is 0 Å². The molecule has 0 bridgehead atoms. The number of nitriles is 1. The maximum absolute atomic E-state index is 13.8. The molecule has 0 unspecified atom stereocenters. The molecule has 0 aliphatic carbocycles. The Hall–Kier alpha value is -4.78. The lowest BCUT2D eigenvalue weighted by Crippen LogP contribution is -2.49. The van der Waals surface area contributed by atoms with Crippen LogP contribution >= 0.6 is 0 Å². The van der Waals surface area contributed by atoms with Gasteiger partial charge in [-0.3, -0.25) is 4.79 Å². The highest BCUT2D eigenvalue weighted by Crippen LogP contribution is 2.33. The van der Waals surface area contributed by atoms with Crippen LogP contribution in [0.1, 0.15) is 55.1 Å². The minimum Gasteiger partial charge on any atom is -0.478 e. The first-order valence-electron chi connectivity index (χ1n) is 13.6. The number of aromatic nitrogens is 2. The summed E-state index contributed by atoms with van der Waals surface area (Å²) in [4.78, 5) is 40.3. The molecule has 0 spiro atoms. The van der Waals surface area contributed by atoms with E-state index in [4.69, 9.17) is 4.74 Å². The van der Waals surface area contributed by atoms with Crippen molar-refractivity contribution in [2.75, 3.05) is 18.0 Å². The second-order valence-corrected chi connectivity index (χ2v) is 11.5. The van der Waals surface area contributed by atoms with Crippen LogP contribution < -0.4 is 15.8 Å². The highest BCUT2D eigenvalue weighted by Gasteiger charge is 2.28. The molecule has 212 valence electrons. The number of pyridine rings is 1. The maximum Gasteiger partial charge on any atom is 0.407 e. The Morgan fingerprint density at radius 3 is 2.61 bits per heavy atom. The summed E-state index contributed by atoms with van der Waals surface area (Å²) in [5.41, 5.74) is 1.60. The number of hydrogen-bond donors (Lipinski definition) is 2. The van der Waals surface area contributed by atoms with E-state index in [9.17, 15) is 24.8 Å². The van der Waals surface area contributed by atoms with E-state index in [1.807, 2.05) is 43.5 Å². The molecule has 41 heavy (non-hydrogen) atoms. The molecule has 0 saturated carbocycles. The standard InChI is InChI=1S/C31H33N5O5/c1-31(2,3)41-30(40)33-22-10-7-13-35(18-22)26-15-24-23-14-19(29(38)39)11-12-25(23)34(4)28(37)27(24)36(26)17-21-9-6-5-8-20(21)16-32/h5-6,8-9,11-12,14-15,22H,7,10,13,17-18H2,1-4H3,(H,33,40)(H,38,39)/t22-/m1/s1. The molecule has 5 rings (SSSR count). The lowest BCUT2D eigenvalue weighted by Gasteiger charge is -2.35. The summed E-state index contributed by atoms with van der Waals surface area (Å²) in [6.45, 7) is 6.91. The van der Waals surface area contributed by atoms with Gasteiger partial charge in [0.1, 0.15) is 16.9 Å². The number of hydrogen-bond acceptors (Lipinski definition) is 6. The lowest BCUT2D eigenvalue weighted by atomic mass is 10.1. The van der Waals surface area contributed by atoms with Crippen LogP contribution in [0.2, 0.25) is 0 Å². The number of amides is 1. The van der Waals surface area contributed by atoms with Crippen LogP contribution in [0.25, 0.3) is 21.8 Å². The Morgan fingerprint density at radius 2 is 1.90 bits per heavy atom. The lowest BCUT2D eigenvalue weighted by molar-refractivity contribution is 0.0499. The first-order chi connectivity index (χ1) is 19.5. The van der Waals surface area contributed by atoms with Crippen molar-refractivity contribution in [3.8, 4) is 6.07 Å². The summed E-state index contributed by atoms with van der Waals surface area (Å²) < 4.78 is 8.91. The number of fused-ring (bicyclic) bond motifs is 3. The first kappa shape index (κ1) is 27.8. The van der Waals surface area contributed by atoms with Gasteiger partial charge in [-0.25, -0.2) is 9.59 Å². The summed E-state index contributed by atoms with van der Waals surface area (Å²) >= 11 is 0. The predicted molar refractivity (Wildman–Crippen MR) is 157 cm³/mol. The van der Waals surface area contributed by atoms with Crippen molar-refractivity contribution < 1.29 is 19.4 Å². The number of nitrogens with one attached hydrogen (secondary N) is 1. The van der Waals surface area contributed by atoms with Crippen LogP contribution in [0.4, 0.5) is 10.6 Å². The molecular weight excluding hydrogens is 522 g/mol. The van der Waals surface area contributed by atoms with Gasteiger partial charge in [-0.1, -0.05) is 18.2 Å². The minimum absolute atomic E-state index is 0.126. The van der Waals surface area contributed by atoms with Crippen LogP contribution in [-0.2, 0) is 18.3 Å². The average Bonchev–Trinajstić information content (AvgIpc) is 3.30. The van der Waals surface area contributed by atoms with E-state index in [-0.39, 0.29) is 23.7 Å². The zero-order chi connectivity index (χ0) is 29.5. The summed E-state index contributed by atoms with van der Waals surface area (Å²) in [5.74, 6) is -0.294. The Morgan fingerprint density at radius 1 is 1.15 bits per heavy atom. The molecule has 1 amide bonds. The second kappa shape index (κ2) is 10.7. The fraction of sp³-hybridized carbons (Fsp3) is 0.355. The van der Waals surface area contributed by atoms with Gasteiger partial charge in [0.15, 0.2) is 0 Å². The fourth-order valence-electron chi connectivity index (χ4n) is 5.55. The van der Waals surface area contributed by atoms with Gasteiger partial charge in [-0.2, -0.15) is 5.26 Å². The molecule has 3 heterocycles. The zero-order valence-electron chi connectivity index (χ0n) is 23.6. The van der Waals surface area contributed by atoms with E-state index in [1.165, 1.54) is 10.6 Å². The topological polar surface area (TPSA) is 130 Å². The Kier molecular flexibility index (Phi) is 7.22. The van der Waals surface area contributed by atoms with Crippen molar-refractivity contribution in [2.24, 2.45) is 7.05 Å². The molecule has 2 aromatic heterocycles. The predicted octanol–water partition coefficient (Wildman–Crippen LogP) is 4.60. The average molecular weight is 556 g/mol. The molecular formula is C31H33N5O5.